The van der Waals surface area contributed by atoms with Crippen molar-refractivity contribution in [3.63, 3.8) is 0 Å². The van der Waals surface area contributed by atoms with Crippen LogP contribution in [0.4, 0.5) is 0 Å². The second-order valence-electron chi connectivity index (χ2n) is 15.9. The average Bonchev–Trinajstić information content (AvgIpc) is 3.51. The fraction of sp³-hybridized carbons (Fsp3) is 0.404. The molecule has 2 aliphatic carbocycles. The number of hydrogen-bond donors (Lipinski definition) is 2. The van der Waals surface area contributed by atoms with Crippen molar-refractivity contribution in [3.8, 4) is 0 Å². The van der Waals surface area contributed by atoms with Crippen LogP contribution >= 0.6 is 131 Å². The summed E-state index contributed by atoms with van der Waals surface area (Å²) < 4.78 is 15.1. The van der Waals surface area contributed by atoms with Gasteiger partial charge in [0.2, 0.25) is 0 Å². The first-order valence-corrected chi connectivity index (χ1v) is 33.9. The number of fused-ring (bicyclic) bond motifs is 1. The summed E-state index contributed by atoms with van der Waals surface area (Å²) in [5, 5.41) is 7.73. The van der Waals surface area contributed by atoms with Crippen LogP contribution in [0.1, 0.15) is 73.6 Å². The van der Waals surface area contributed by atoms with Crippen LogP contribution in [0.25, 0.3) is 0 Å². The molecule has 3 aliphatic rings. The molecule has 2 N–H and O–H groups in total. The van der Waals surface area contributed by atoms with Crippen LogP contribution in [0.2, 0.25) is 12.1 Å². The minimum Gasteiger partial charge on any atom is -0.308 e. The maximum absolute atomic E-state index is 7.64. The third-order valence-electron chi connectivity index (χ3n) is 11.4. The first-order valence-electron chi connectivity index (χ1n) is 21.8. The summed E-state index contributed by atoms with van der Waals surface area (Å²) in [4.78, 5) is 0. The molecule has 0 aromatic heterocycles. The van der Waals surface area contributed by atoms with Gasteiger partial charge in [-0.1, -0.05) is 150 Å². The number of alkyl halides is 2. The number of halogens is 10. The zero-order chi connectivity index (χ0) is 47.8. The minimum atomic E-state index is -2.37. The molecule has 4 aromatic rings. The Bertz CT molecular complexity index is 1830. The monoisotopic (exact) mass is 1510 g/mol. The third kappa shape index (κ3) is 22.0. The summed E-state index contributed by atoms with van der Waals surface area (Å²) in [6, 6.07) is 35.9. The quantitative estimate of drug-likeness (QED) is 0.0570. The first-order chi connectivity index (χ1) is 31.2. The van der Waals surface area contributed by atoms with Crippen molar-refractivity contribution in [2.24, 2.45) is 0 Å². The van der Waals surface area contributed by atoms with Gasteiger partial charge in [-0.25, -0.2) is 0 Å². The third-order valence-corrected chi connectivity index (χ3v) is 21.0. The van der Waals surface area contributed by atoms with Crippen molar-refractivity contribution in [1.82, 2.24) is 19.8 Å². The number of benzene rings is 4. The summed E-state index contributed by atoms with van der Waals surface area (Å²) in [7, 11) is 1.38. The van der Waals surface area contributed by atoms with Crippen LogP contribution in [-0.4, -0.2) is 62.1 Å². The van der Waals surface area contributed by atoms with E-state index < -0.39 is 13.7 Å². The van der Waals surface area contributed by atoms with Crippen LogP contribution in [0.15, 0.2) is 140 Å². The Kier molecular flexibility index (Phi) is 31.0. The molecule has 2 unspecified atom stereocenters. The van der Waals surface area contributed by atoms with Gasteiger partial charge in [-0.2, -0.15) is 0 Å². The van der Waals surface area contributed by atoms with Crippen LogP contribution < -0.4 is 10.6 Å². The second-order valence-corrected chi connectivity index (χ2v) is 34.3. The van der Waals surface area contributed by atoms with Crippen molar-refractivity contribution in [2.45, 2.75) is 114 Å². The van der Waals surface area contributed by atoms with Gasteiger partial charge in [0.25, 0.3) is 0 Å². The van der Waals surface area contributed by atoms with E-state index in [4.69, 9.17) is 68.9 Å². The largest absolute Gasteiger partial charge is 0.344 e. The Morgan fingerprint density at radius 1 is 0.600 bits per heavy atom. The van der Waals surface area contributed by atoms with Gasteiger partial charge < -0.3 is 10.6 Å². The summed E-state index contributed by atoms with van der Waals surface area (Å²) in [5.41, 5.74) is 5.36. The van der Waals surface area contributed by atoms with Crippen LogP contribution in [-0.2, 0) is 26.2 Å². The molecule has 4 aromatic carbocycles. The number of nitrogens with zero attached hydrogens (tertiary/aromatic N) is 2. The molecule has 1 saturated heterocycles. The van der Waals surface area contributed by atoms with Crippen molar-refractivity contribution < 1.29 is 31.1 Å². The fourth-order valence-electron chi connectivity index (χ4n) is 8.45. The van der Waals surface area contributed by atoms with E-state index in [0.29, 0.717) is 30.2 Å². The van der Waals surface area contributed by atoms with Gasteiger partial charge in [0.05, 0.1) is 5.34 Å². The standard InChI is InChI=1S/C23H27Br2ClN2Si.C20H24Br2N2.C3H5Cl3Si.CH2Cl2.BH.U/c1-2-15-29(26)27(16-18-7-11-20(24)12-8-18)22-5-3-4-6-23(22)28(29)17-19-9-13-21(25)14-10-19;21-17-9-5-15(6-10-17)13-23-19-3-1-2-4-20(19)24-14-16-7-11-18(22)12-8-16;1-2-3-7(4,5)6;2-1-3;;/h2,7-14,22-23H,1,3-6,15-17H2;5-12,19-20,23-24H,1-4,13-14H2;2H,1,3H2;1H2;1H;/t22-,23?,29?;19-,20-;;;;/m11..../s1/i;;;;1D;. The molecule has 7 rings (SSSR count). The predicted octanol–water partition coefficient (Wildman–Crippen LogP) is 16.2. The molecule has 2 radical (unpaired) electrons. The first kappa shape index (κ1) is 60.7. The minimum absolute atomic E-state index is 0. The summed E-state index contributed by atoms with van der Waals surface area (Å²) in [5.74, 6) is 0. The molecule has 18 heteroatoms. The van der Waals surface area contributed by atoms with Crippen LogP contribution in [0.3, 0.4) is 0 Å². The Balaban J connectivity index is 0.000000365. The van der Waals surface area contributed by atoms with Gasteiger partial charge in [0.15, 0.2) is 0 Å². The summed E-state index contributed by atoms with van der Waals surface area (Å²) in [6.07, 6.45) is 13.9. The molecular weight excluding hydrogens is 1460 g/mol. The van der Waals surface area contributed by atoms with E-state index in [1.54, 1.807) is 6.08 Å². The van der Waals surface area contributed by atoms with Crippen molar-refractivity contribution in [2.75, 3.05) is 5.34 Å². The molecule has 65 heavy (non-hydrogen) atoms. The van der Waals surface area contributed by atoms with Crippen molar-refractivity contribution in [3.05, 3.63) is 163 Å². The smallest absolute Gasteiger partial charge is 0.308 e. The Morgan fingerprint density at radius 2 is 0.908 bits per heavy atom. The van der Waals surface area contributed by atoms with Crippen LogP contribution in [0, 0.1) is 31.1 Å². The number of hydrogen-bond acceptors (Lipinski definition) is 4. The Morgan fingerprint density at radius 3 is 1.18 bits per heavy atom. The molecule has 0 spiro atoms. The molecule has 4 nitrogen and oxygen atoms in total. The van der Waals surface area contributed by atoms with E-state index in [1.165, 1.54) is 73.6 Å². The molecule has 0 bridgehead atoms. The molecular formula is C47H59BBr4Cl6N4Si2U. The van der Waals surface area contributed by atoms with Gasteiger partial charge in [0, 0.05) is 120 Å². The fourth-order valence-corrected chi connectivity index (χ4v) is 15.9. The van der Waals surface area contributed by atoms with E-state index in [9.17, 15) is 0 Å². The Labute approximate surface area is 481 Å². The molecule has 352 valence electrons. The zero-order valence-corrected chi connectivity index (χ0v) is 53.5. The number of allylic oxidation sites excluding steroid dienone is 2. The van der Waals surface area contributed by atoms with Gasteiger partial charge in [-0.3, -0.25) is 9.13 Å². The van der Waals surface area contributed by atoms with Crippen molar-refractivity contribution in [1.29, 1.82) is 1.34 Å². The molecule has 5 atom stereocenters. The van der Waals surface area contributed by atoms with Gasteiger partial charge in [0.1, 0.15) is 0 Å². The van der Waals surface area contributed by atoms with E-state index >= 15 is 0 Å². The molecule has 1 heterocycles. The number of nitrogens with one attached hydrogen (secondary N) is 2. The summed E-state index contributed by atoms with van der Waals surface area (Å²) in [6.45, 7) is 11.2. The Hall–Kier alpha value is 1.41. The molecule has 0 amide bonds. The van der Waals surface area contributed by atoms with Gasteiger partial charge in [-0.15, -0.1) is 80.7 Å². The average molecular weight is 1520 g/mol. The zero-order valence-electron chi connectivity index (χ0n) is 37.5. The second kappa shape index (κ2) is 33.2. The molecule has 2 saturated carbocycles. The summed E-state index contributed by atoms with van der Waals surface area (Å²) >= 11 is 47.6. The molecule has 1 aliphatic heterocycles. The van der Waals surface area contributed by atoms with Gasteiger partial charge >= 0.3 is 13.7 Å². The topological polar surface area (TPSA) is 30.5 Å². The van der Waals surface area contributed by atoms with E-state index in [-0.39, 0.29) is 36.5 Å². The van der Waals surface area contributed by atoms with Crippen LogP contribution in [0.5, 0.6) is 0 Å². The SMILES string of the molecule is Brc1ccc(CN[C@@H]2CCCC[C@H]2NCc2ccc(Br)cc2)cc1.C=CC[Si](Cl)(Cl)Cl.C=CC[Si]1(Cl)N(Cc2ccc(Br)cc2)C2CCCC[C@H]2N1Cc1ccc(Br)cc1.ClCCl.[2H][B].[U]. The van der Waals surface area contributed by atoms with Gasteiger partial charge in [-0.05, 0) is 97.8 Å². The maximum Gasteiger partial charge on any atom is 0.344 e. The normalized spacial score (nSPS) is 21.7. The van der Waals surface area contributed by atoms with E-state index in [2.05, 4.69) is 202 Å². The number of rotatable bonds is 14. The predicted molar refractivity (Wildman–Crippen MR) is 302 cm³/mol. The van der Waals surface area contributed by atoms with E-state index in [0.717, 1.165) is 50.1 Å². The van der Waals surface area contributed by atoms with E-state index in [1.807, 2.05) is 6.08 Å². The maximum atomic E-state index is 7.64. The molecule has 3 fully saturated rings. The van der Waals surface area contributed by atoms with Crippen molar-refractivity contribution >= 4 is 153 Å².